The molecule has 1 aliphatic heterocycles. The molecule has 67 heavy (non-hydrogen) atoms. The quantitative estimate of drug-likeness (QED) is 0.0286. The van der Waals surface area contributed by atoms with Gasteiger partial charge in [0.05, 0.1) is 45.5 Å². The number of benzene rings is 5. The van der Waals surface area contributed by atoms with Crippen LogP contribution in [0.4, 0.5) is 27.5 Å². The number of nitrogens with zero attached hydrogens (tertiary/aromatic N) is 1. The van der Waals surface area contributed by atoms with Crippen molar-refractivity contribution in [1.29, 1.82) is 0 Å². The minimum atomic E-state index is -4.18. The summed E-state index contributed by atoms with van der Waals surface area (Å²) in [7, 11) is -4.89. The number of sulfone groups is 1. The number of aromatic hydroxyl groups is 1. The number of phenolic OH excluding ortho intramolecular Hbond substituents is 1. The lowest BCUT2D eigenvalue weighted by Crippen LogP contribution is -2.44. The summed E-state index contributed by atoms with van der Waals surface area (Å²) in [5, 5.41) is 23.1. The maximum absolute atomic E-state index is 14.2. The molecule has 7 N–H and O–H groups in total. The van der Waals surface area contributed by atoms with Crippen molar-refractivity contribution in [2.45, 2.75) is 81.2 Å². The van der Waals surface area contributed by atoms with Crippen molar-refractivity contribution in [3.05, 3.63) is 137 Å². The second-order valence-electron chi connectivity index (χ2n) is 18.0. The molecule has 6 aromatic rings. The molecule has 1 aliphatic rings. The highest BCUT2D eigenvalue weighted by atomic mass is 32.2. The number of primary amides is 1. The van der Waals surface area contributed by atoms with Gasteiger partial charge in [-0.3, -0.25) is 19.9 Å². The highest BCUT2D eigenvalue weighted by Crippen LogP contribution is 2.43. The number of anilines is 4. The Bertz CT molecular complexity index is 2970. The first-order valence-electron chi connectivity index (χ1n) is 21.8. The Kier molecular flexibility index (Phi) is 14.1. The molecular weight excluding hydrogens is 889 g/mol. The molecule has 0 fully saturated rings. The molecular formula is C50H56N6O9SSi. The zero-order valence-electron chi connectivity index (χ0n) is 38.6. The van der Waals surface area contributed by atoms with E-state index in [-0.39, 0.29) is 50.1 Å². The number of nitrogens with one attached hydrogen (secondary N) is 4. The van der Waals surface area contributed by atoms with Crippen molar-refractivity contribution in [1.82, 2.24) is 10.3 Å². The number of cyclic esters (lactones) is 1. The predicted octanol–water partition coefficient (Wildman–Crippen LogP) is 9.53. The highest BCUT2D eigenvalue weighted by molar-refractivity contribution is 7.91. The maximum atomic E-state index is 14.2. The average molecular weight is 945 g/mol. The normalized spacial score (nSPS) is 13.3. The average Bonchev–Trinajstić information content (AvgIpc) is 3.29. The summed E-state index contributed by atoms with van der Waals surface area (Å²) in [4.78, 5) is 42.4. The van der Waals surface area contributed by atoms with Crippen LogP contribution in [0.15, 0.2) is 113 Å². The second-order valence-corrected chi connectivity index (χ2v) is 24.7. The van der Waals surface area contributed by atoms with Gasteiger partial charge in [0.2, 0.25) is 9.84 Å². The molecule has 0 bridgehead atoms. The third kappa shape index (κ3) is 10.8. The number of carbonyl (C=O) groups is 3. The topological polar surface area (TPSA) is 220 Å². The van der Waals surface area contributed by atoms with E-state index in [0.717, 1.165) is 24.0 Å². The van der Waals surface area contributed by atoms with Crippen molar-refractivity contribution in [2.24, 2.45) is 5.73 Å². The number of ether oxygens (including phenoxy) is 2. The summed E-state index contributed by atoms with van der Waals surface area (Å²) in [5.74, 6) is -0.685. The molecule has 0 aliphatic carbocycles. The Morgan fingerprint density at radius 2 is 1.72 bits per heavy atom. The van der Waals surface area contributed by atoms with Crippen LogP contribution >= 0.6 is 0 Å². The van der Waals surface area contributed by atoms with Crippen LogP contribution in [0.5, 0.6) is 11.5 Å². The number of hydrogen-bond donors (Lipinski definition) is 6. The number of phenols is 1. The van der Waals surface area contributed by atoms with Gasteiger partial charge < -0.3 is 40.7 Å². The Hall–Kier alpha value is -6.79. The predicted molar refractivity (Wildman–Crippen MR) is 262 cm³/mol. The Morgan fingerprint density at radius 3 is 2.43 bits per heavy atom. The van der Waals surface area contributed by atoms with Gasteiger partial charge in [-0.25, -0.2) is 13.2 Å². The zero-order valence-corrected chi connectivity index (χ0v) is 40.4. The molecule has 5 aromatic carbocycles. The van der Waals surface area contributed by atoms with Gasteiger partial charge in [-0.2, -0.15) is 0 Å². The molecule has 350 valence electrons. The van der Waals surface area contributed by atoms with E-state index in [1.54, 1.807) is 43.3 Å². The van der Waals surface area contributed by atoms with Crippen LogP contribution < -0.4 is 31.7 Å². The lowest BCUT2D eigenvalue weighted by atomic mass is 9.99. The zero-order chi connectivity index (χ0) is 48.3. The van der Waals surface area contributed by atoms with Crippen LogP contribution in [0, 0.1) is 6.92 Å². The highest BCUT2D eigenvalue weighted by Gasteiger charge is 2.40. The van der Waals surface area contributed by atoms with Crippen molar-refractivity contribution >= 4 is 69.7 Å². The van der Waals surface area contributed by atoms with Crippen LogP contribution in [-0.4, -0.2) is 64.9 Å². The summed E-state index contributed by atoms with van der Waals surface area (Å²) in [5.41, 5.74) is 11.4. The van der Waals surface area contributed by atoms with E-state index in [1.807, 2.05) is 30.3 Å². The molecule has 0 spiro atoms. The van der Waals surface area contributed by atoms with Gasteiger partial charge in [-0.15, -0.1) is 0 Å². The van der Waals surface area contributed by atoms with Crippen LogP contribution in [0.1, 0.15) is 76.3 Å². The summed E-state index contributed by atoms with van der Waals surface area (Å²) in [6.45, 7) is 13.9. The summed E-state index contributed by atoms with van der Waals surface area (Å²) >= 11 is 0. The maximum Gasteiger partial charge on any atom is 0.412 e. The third-order valence-corrected chi connectivity index (χ3v) is 18.5. The van der Waals surface area contributed by atoms with Gasteiger partial charge in [0.1, 0.15) is 18.1 Å². The van der Waals surface area contributed by atoms with Gasteiger partial charge in [-0.05, 0) is 122 Å². The van der Waals surface area contributed by atoms with Crippen LogP contribution in [0.2, 0.25) is 18.1 Å². The number of carbonyl (C=O) groups excluding carboxylic acids is 3. The number of pyridine rings is 1. The number of fused-ring (bicyclic) bond motifs is 2. The number of methoxy groups -OCH3 is 1. The molecule has 7 rings (SSSR count). The molecule has 2 heterocycles. The van der Waals surface area contributed by atoms with Gasteiger partial charge in [0, 0.05) is 46.7 Å². The number of nitrogens with two attached hydrogens (primary N) is 1. The first kappa shape index (κ1) is 48.1. The Morgan fingerprint density at radius 1 is 0.970 bits per heavy atom. The molecule has 1 atom stereocenters. The van der Waals surface area contributed by atoms with Crippen molar-refractivity contribution in [3.8, 4) is 11.5 Å². The fourth-order valence-corrected chi connectivity index (χ4v) is 10.3. The largest absolute Gasteiger partial charge is 0.506 e. The summed E-state index contributed by atoms with van der Waals surface area (Å²) in [6.07, 6.45) is 1.97. The van der Waals surface area contributed by atoms with Gasteiger partial charge in [-0.1, -0.05) is 51.1 Å². The molecule has 3 amide bonds. The number of amides is 3. The van der Waals surface area contributed by atoms with Gasteiger partial charge in [0.25, 0.3) is 11.8 Å². The lowest BCUT2D eigenvalue weighted by Gasteiger charge is -2.40. The van der Waals surface area contributed by atoms with E-state index in [4.69, 9.17) is 19.6 Å². The van der Waals surface area contributed by atoms with Crippen molar-refractivity contribution < 1.29 is 41.8 Å². The third-order valence-electron chi connectivity index (χ3n) is 12.3. The number of rotatable bonds is 17. The lowest BCUT2D eigenvalue weighted by molar-refractivity contribution is 0.0998. The first-order chi connectivity index (χ1) is 31.7. The van der Waals surface area contributed by atoms with Crippen LogP contribution in [-0.2, 0) is 32.0 Å². The molecule has 0 unspecified atom stereocenters. The molecule has 15 nitrogen and oxygen atoms in total. The van der Waals surface area contributed by atoms with E-state index < -0.39 is 36.1 Å². The number of hydrogen-bond acceptors (Lipinski definition) is 12. The van der Waals surface area contributed by atoms with E-state index in [0.29, 0.717) is 57.9 Å². The second kappa shape index (κ2) is 19.6. The fourth-order valence-electron chi connectivity index (χ4n) is 7.59. The fraction of sp³-hybridized carbons (Fsp3) is 0.280. The molecule has 17 heteroatoms. The molecule has 1 aromatic heterocycles. The molecule has 0 radical (unpaired) electrons. The van der Waals surface area contributed by atoms with E-state index in [9.17, 15) is 27.9 Å². The van der Waals surface area contributed by atoms with Crippen molar-refractivity contribution in [2.75, 3.05) is 36.1 Å². The minimum absolute atomic E-state index is 0.0235. The summed E-state index contributed by atoms with van der Waals surface area (Å²) < 4.78 is 46.0. The van der Waals surface area contributed by atoms with Gasteiger partial charge in [0.15, 0.2) is 8.32 Å². The SMILES string of the molecule is COc1cccc(Nc2c(C(N)=O)cnc3c(C)cc(S(=O)(=O)c4cccc(C(=O)Nc5ccc(CCCNC[C@H](O[Si](C)(C)C(C)(C)C)c6ccc(O)c7c6COC(=O)N7)cc5)c4)cc23)c1. The van der Waals surface area contributed by atoms with E-state index in [2.05, 4.69) is 60.1 Å². The Labute approximate surface area is 391 Å². The van der Waals surface area contributed by atoms with Crippen LogP contribution in [0.25, 0.3) is 10.9 Å². The van der Waals surface area contributed by atoms with Crippen molar-refractivity contribution in [3.63, 3.8) is 0 Å². The number of aromatic nitrogens is 1. The first-order valence-corrected chi connectivity index (χ1v) is 26.2. The standard InChI is InChI=1S/C50H56N6O9SSi/c1-30-23-37(26-39-44(30)53-27-40(47(51)58)45(39)54-34-13-9-14-35(25-34)63-5)66(61,62)36-15-8-12-32(24-36)48(59)55-33-18-16-31(17-19-33)11-10-22-52-28-43(65-67(6,7)50(2,3)4)38-20-21-42(57)46-41(38)29-64-49(60)56-46/h8-9,12-21,23-27,43,52,57H,10-11,22,28-29H2,1-7H3,(H2,51,58)(H,53,54)(H,55,59)(H,56,60)/t43-/m0/s1. The van der Waals surface area contributed by atoms with Gasteiger partial charge >= 0.3 is 6.09 Å². The molecule has 0 saturated heterocycles. The minimum Gasteiger partial charge on any atom is -0.506 e. The Balaban J connectivity index is 1.00. The van der Waals surface area contributed by atoms with Crippen LogP contribution in [0.3, 0.4) is 0 Å². The van der Waals surface area contributed by atoms with E-state index in [1.165, 1.54) is 43.6 Å². The van der Waals surface area contributed by atoms with E-state index >= 15 is 0 Å². The molecule has 0 saturated carbocycles. The number of aryl methyl sites for hydroxylation is 2. The monoisotopic (exact) mass is 944 g/mol. The smallest absolute Gasteiger partial charge is 0.412 e. The summed E-state index contributed by atoms with van der Waals surface area (Å²) in [6, 6.07) is 26.7.